The van der Waals surface area contributed by atoms with Gasteiger partial charge in [0.1, 0.15) is 0 Å². The van der Waals surface area contributed by atoms with Crippen molar-refractivity contribution in [2.24, 2.45) is 11.8 Å². The number of fused-ring (bicyclic) bond motifs is 1. The molecule has 1 saturated carbocycles. The van der Waals surface area contributed by atoms with Crippen molar-refractivity contribution < 1.29 is 9.90 Å². The molecule has 1 aliphatic heterocycles. The summed E-state index contributed by atoms with van der Waals surface area (Å²) in [5.41, 5.74) is 2.05. The number of hydrogen-bond acceptors (Lipinski definition) is 4. The van der Waals surface area contributed by atoms with E-state index in [1.54, 1.807) is 25.3 Å². The van der Waals surface area contributed by atoms with Gasteiger partial charge in [-0.15, -0.1) is 0 Å². The molecule has 5 heteroatoms. The molecular weight excluding hydrogens is 314 g/mol. The summed E-state index contributed by atoms with van der Waals surface area (Å²) >= 11 is 0. The van der Waals surface area contributed by atoms with Crippen molar-refractivity contribution in [2.45, 2.75) is 38.8 Å². The molecule has 1 aromatic heterocycles. The number of amides is 1. The Morgan fingerprint density at radius 2 is 2.00 bits per heavy atom. The second-order valence-electron chi connectivity index (χ2n) is 7.13. The fourth-order valence-electron chi connectivity index (χ4n) is 4.17. The van der Waals surface area contributed by atoms with Gasteiger partial charge in [-0.05, 0) is 42.5 Å². The number of aromatic hydroxyl groups is 1. The molecule has 1 aliphatic carbocycles. The van der Waals surface area contributed by atoms with Crippen LogP contribution in [0.15, 0.2) is 42.6 Å². The molecule has 4 rings (SSSR count). The van der Waals surface area contributed by atoms with E-state index in [-0.39, 0.29) is 29.7 Å². The van der Waals surface area contributed by atoms with Crippen molar-refractivity contribution in [2.75, 3.05) is 10.2 Å². The van der Waals surface area contributed by atoms with E-state index in [2.05, 4.69) is 23.3 Å². The number of benzene rings is 1. The smallest absolute Gasteiger partial charge is 0.224 e. The molecule has 1 amide bonds. The first-order chi connectivity index (χ1) is 12.1. The van der Waals surface area contributed by atoms with E-state index < -0.39 is 0 Å². The quantitative estimate of drug-likeness (QED) is 0.896. The SMILES string of the molecule is CC(=O)N1c2ccccc2C(Nc2ncccc2O)[C@@H](C)C1C1CC1. The van der Waals surface area contributed by atoms with Crippen molar-refractivity contribution in [1.82, 2.24) is 4.98 Å². The van der Waals surface area contributed by atoms with Gasteiger partial charge in [-0.1, -0.05) is 25.1 Å². The van der Waals surface area contributed by atoms with Crippen LogP contribution in [0.5, 0.6) is 5.75 Å². The normalized spacial score (nSPS) is 25.4. The summed E-state index contributed by atoms with van der Waals surface area (Å²) in [7, 11) is 0. The summed E-state index contributed by atoms with van der Waals surface area (Å²) in [6, 6.07) is 11.6. The molecule has 2 unspecified atom stereocenters. The molecule has 0 saturated heterocycles. The molecule has 0 bridgehead atoms. The summed E-state index contributed by atoms with van der Waals surface area (Å²) < 4.78 is 0. The van der Waals surface area contributed by atoms with Crippen molar-refractivity contribution in [3.05, 3.63) is 48.2 Å². The fraction of sp³-hybridized carbons (Fsp3) is 0.400. The molecule has 3 atom stereocenters. The van der Waals surface area contributed by atoms with Gasteiger partial charge < -0.3 is 15.3 Å². The van der Waals surface area contributed by atoms with Gasteiger partial charge in [0.15, 0.2) is 11.6 Å². The lowest BCUT2D eigenvalue weighted by molar-refractivity contribution is -0.117. The van der Waals surface area contributed by atoms with Crippen LogP contribution in [0.4, 0.5) is 11.5 Å². The van der Waals surface area contributed by atoms with E-state index in [9.17, 15) is 9.90 Å². The lowest BCUT2D eigenvalue weighted by Crippen LogP contribution is -2.51. The summed E-state index contributed by atoms with van der Waals surface area (Å²) in [5.74, 6) is 1.49. The Bertz CT molecular complexity index is 803. The first-order valence-corrected chi connectivity index (χ1v) is 8.87. The van der Waals surface area contributed by atoms with Crippen molar-refractivity contribution in [3.8, 4) is 5.75 Å². The van der Waals surface area contributed by atoms with E-state index in [1.165, 1.54) is 12.8 Å². The topological polar surface area (TPSA) is 65.5 Å². The largest absolute Gasteiger partial charge is 0.504 e. The highest BCUT2D eigenvalue weighted by Crippen LogP contribution is 2.50. The zero-order valence-electron chi connectivity index (χ0n) is 14.5. The standard InChI is InChI=1S/C20H23N3O2/c1-12-18(22-20-17(25)8-5-11-21-20)15-6-3-4-7-16(15)23(13(2)24)19(12)14-9-10-14/h3-8,11-12,14,18-19,25H,9-10H2,1-2H3,(H,21,22)/t12-,18?,19?/m1/s1. The van der Waals surface area contributed by atoms with Crippen LogP contribution in [0.3, 0.4) is 0 Å². The molecule has 1 aromatic carbocycles. The number of anilines is 2. The molecule has 130 valence electrons. The van der Waals surface area contributed by atoms with Crippen molar-refractivity contribution in [3.63, 3.8) is 0 Å². The third kappa shape index (κ3) is 2.73. The first kappa shape index (κ1) is 15.9. The number of hydrogen-bond donors (Lipinski definition) is 2. The van der Waals surface area contributed by atoms with Gasteiger partial charge in [-0.3, -0.25) is 4.79 Å². The number of para-hydroxylation sites is 1. The molecule has 25 heavy (non-hydrogen) atoms. The van der Waals surface area contributed by atoms with Crippen LogP contribution in [-0.4, -0.2) is 22.0 Å². The number of rotatable bonds is 3. The maximum Gasteiger partial charge on any atom is 0.224 e. The predicted molar refractivity (Wildman–Crippen MR) is 97.5 cm³/mol. The number of nitrogens with zero attached hydrogens (tertiary/aromatic N) is 2. The van der Waals surface area contributed by atoms with Crippen LogP contribution in [0.25, 0.3) is 0 Å². The van der Waals surface area contributed by atoms with Crippen LogP contribution in [0, 0.1) is 11.8 Å². The van der Waals surface area contributed by atoms with E-state index >= 15 is 0 Å². The van der Waals surface area contributed by atoms with Crippen molar-refractivity contribution >= 4 is 17.4 Å². The van der Waals surface area contributed by atoms with Crippen LogP contribution >= 0.6 is 0 Å². The third-order valence-electron chi connectivity index (χ3n) is 5.42. The van der Waals surface area contributed by atoms with Gasteiger partial charge in [-0.25, -0.2) is 4.98 Å². The molecule has 2 heterocycles. The lowest BCUT2D eigenvalue weighted by Gasteiger charge is -2.45. The maximum atomic E-state index is 12.4. The molecule has 2 N–H and O–H groups in total. The average molecular weight is 337 g/mol. The molecule has 0 spiro atoms. The highest BCUT2D eigenvalue weighted by molar-refractivity contribution is 5.94. The van der Waals surface area contributed by atoms with Crippen LogP contribution in [-0.2, 0) is 4.79 Å². The van der Waals surface area contributed by atoms with Gasteiger partial charge in [0.2, 0.25) is 5.91 Å². The lowest BCUT2D eigenvalue weighted by atomic mass is 9.80. The minimum atomic E-state index is -0.00167. The highest BCUT2D eigenvalue weighted by atomic mass is 16.3. The molecule has 0 radical (unpaired) electrons. The average Bonchev–Trinajstić information content (AvgIpc) is 3.43. The van der Waals surface area contributed by atoms with Crippen molar-refractivity contribution in [1.29, 1.82) is 0 Å². The second kappa shape index (κ2) is 6.06. The number of carbonyl (C=O) groups is 1. The Hall–Kier alpha value is -2.56. The van der Waals surface area contributed by atoms with Gasteiger partial charge in [0, 0.05) is 30.8 Å². The summed E-state index contributed by atoms with van der Waals surface area (Å²) in [4.78, 5) is 18.7. The molecule has 2 aliphatic rings. The van der Waals surface area contributed by atoms with Crippen LogP contribution in [0.2, 0.25) is 0 Å². The number of aromatic nitrogens is 1. The van der Waals surface area contributed by atoms with E-state index in [1.807, 2.05) is 23.1 Å². The summed E-state index contributed by atoms with van der Waals surface area (Å²) in [5, 5.41) is 13.5. The Labute approximate surface area is 147 Å². The zero-order valence-corrected chi connectivity index (χ0v) is 14.5. The summed E-state index contributed by atoms with van der Waals surface area (Å²) in [6.07, 6.45) is 4.01. The monoisotopic (exact) mass is 337 g/mol. The Morgan fingerprint density at radius 1 is 1.24 bits per heavy atom. The first-order valence-electron chi connectivity index (χ1n) is 8.87. The van der Waals surface area contributed by atoms with E-state index in [4.69, 9.17) is 0 Å². The Kier molecular flexibility index (Phi) is 3.86. The number of carbonyl (C=O) groups excluding carboxylic acids is 1. The molecule has 1 fully saturated rings. The second-order valence-corrected chi connectivity index (χ2v) is 7.13. The van der Waals surface area contributed by atoms with Crippen LogP contribution < -0.4 is 10.2 Å². The minimum Gasteiger partial charge on any atom is -0.504 e. The molecule has 5 nitrogen and oxygen atoms in total. The fourth-order valence-corrected chi connectivity index (χ4v) is 4.17. The Balaban J connectivity index is 1.79. The minimum absolute atomic E-state index is 0.00167. The molecule has 2 aromatic rings. The van der Waals surface area contributed by atoms with Gasteiger partial charge >= 0.3 is 0 Å². The van der Waals surface area contributed by atoms with Crippen LogP contribution in [0.1, 0.15) is 38.3 Å². The van der Waals surface area contributed by atoms with Gasteiger partial charge in [-0.2, -0.15) is 0 Å². The van der Waals surface area contributed by atoms with E-state index in [0.717, 1.165) is 11.3 Å². The maximum absolute atomic E-state index is 12.4. The number of nitrogens with one attached hydrogen (secondary N) is 1. The number of pyridine rings is 1. The van der Waals surface area contributed by atoms with E-state index in [0.29, 0.717) is 11.7 Å². The van der Waals surface area contributed by atoms with Gasteiger partial charge in [0.25, 0.3) is 0 Å². The third-order valence-corrected chi connectivity index (χ3v) is 5.42. The Morgan fingerprint density at radius 3 is 2.68 bits per heavy atom. The molecular formula is C20H23N3O2. The zero-order chi connectivity index (χ0) is 17.6. The van der Waals surface area contributed by atoms with Gasteiger partial charge in [0.05, 0.1) is 6.04 Å². The highest BCUT2D eigenvalue weighted by Gasteiger charge is 2.47. The predicted octanol–water partition coefficient (Wildman–Crippen LogP) is 3.72. The summed E-state index contributed by atoms with van der Waals surface area (Å²) in [6.45, 7) is 3.84.